The van der Waals surface area contributed by atoms with Crippen LogP contribution in [0, 0.1) is 12.7 Å². The number of nitrogens with one attached hydrogen (secondary N) is 2. The van der Waals surface area contributed by atoms with Gasteiger partial charge in [-0.1, -0.05) is 12.1 Å². The monoisotopic (exact) mass is 382 g/mol. The maximum atomic E-state index is 12.9. The number of fused-ring (bicyclic) bond motifs is 1. The molecule has 2 amide bonds. The molecule has 6 nitrogen and oxygen atoms in total. The molecule has 0 saturated carbocycles. The largest absolute Gasteiger partial charge is 0.354 e. The van der Waals surface area contributed by atoms with Crippen LogP contribution in [0.15, 0.2) is 48.5 Å². The van der Waals surface area contributed by atoms with Crippen molar-refractivity contribution in [1.82, 2.24) is 20.2 Å². The predicted molar refractivity (Wildman–Crippen MR) is 105 cm³/mol. The molecule has 0 saturated heterocycles. The van der Waals surface area contributed by atoms with E-state index in [0.29, 0.717) is 38.0 Å². The number of para-hydroxylation sites is 2. The van der Waals surface area contributed by atoms with Gasteiger partial charge in [-0.3, -0.25) is 9.59 Å². The Balaban J connectivity index is 1.36. The van der Waals surface area contributed by atoms with Gasteiger partial charge in [-0.15, -0.1) is 0 Å². The van der Waals surface area contributed by atoms with Gasteiger partial charge in [-0.05, 0) is 49.7 Å². The lowest BCUT2D eigenvalue weighted by Crippen LogP contribution is -2.29. The second-order valence-electron chi connectivity index (χ2n) is 6.52. The molecule has 2 N–H and O–H groups in total. The number of benzene rings is 2. The van der Waals surface area contributed by atoms with Gasteiger partial charge >= 0.3 is 0 Å². The van der Waals surface area contributed by atoms with Gasteiger partial charge in [0.05, 0.1) is 11.0 Å². The lowest BCUT2D eigenvalue weighted by molar-refractivity contribution is -0.121. The highest BCUT2D eigenvalue weighted by atomic mass is 19.1. The number of hydrogen-bond donors (Lipinski definition) is 2. The van der Waals surface area contributed by atoms with Crippen LogP contribution in [-0.4, -0.2) is 34.5 Å². The first kappa shape index (κ1) is 19.5. The first-order valence-electron chi connectivity index (χ1n) is 9.27. The Kier molecular flexibility index (Phi) is 6.37. The van der Waals surface area contributed by atoms with Crippen LogP contribution in [0.25, 0.3) is 11.0 Å². The van der Waals surface area contributed by atoms with Crippen LogP contribution in [-0.2, 0) is 11.3 Å². The first-order chi connectivity index (χ1) is 13.5. The summed E-state index contributed by atoms with van der Waals surface area (Å²) >= 11 is 0. The smallest absolute Gasteiger partial charge is 0.251 e. The van der Waals surface area contributed by atoms with Crippen molar-refractivity contribution in [3.63, 3.8) is 0 Å². The Morgan fingerprint density at radius 2 is 1.79 bits per heavy atom. The van der Waals surface area contributed by atoms with Crippen LogP contribution >= 0.6 is 0 Å². The van der Waals surface area contributed by atoms with Gasteiger partial charge in [0.1, 0.15) is 11.6 Å². The molecule has 2 aromatic carbocycles. The number of hydrogen-bond acceptors (Lipinski definition) is 3. The number of carbonyl (C=O) groups is 2. The van der Waals surface area contributed by atoms with Crippen LogP contribution in [0.5, 0.6) is 0 Å². The highest BCUT2D eigenvalue weighted by Gasteiger charge is 2.08. The minimum absolute atomic E-state index is 0.0573. The molecule has 0 aliphatic heterocycles. The third-order valence-corrected chi connectivity index (χ3v) is 4.48. The quantitative estimate of drug-likeness (QED) is 0.588. The zero-order valence-electron chi connectivity index (χ0n) is 15.7. The summed E-state index contributed by atoms with van der Waals surface area (Å²) in [6.45, 7) is 3.50. The second kappa shape index (κ2) is 9.12. The summed E-state index contributed by atoms with van der Waals surface area (Å²) in [7, 11) is 0. The van der Waals surface area contributed by atoms with E-state index in [-0.39, 0.29) is 17.6 Å². The number of carbonyl (C=O) groups excluding carboxylic acids is 2. The Labute approximate surface area is 162 Å². The van der Waals surface area contributed by atoms with Crippen molar-refractivity contribution in [2.75, 3.05) is 13.1 Å². The molecular formula is C21H23FN4O2. The minimum Gasteiger partial charge on any atom is -0.354 e. The van der Waals surface area contributed by atoms with E-state index in [1.54, 1.807) is 0 Å². The molecule has 0 aliphatic rings. The van der Waals surface area contributed by atoms with E-state index in [0.717, 1.165) is 16.9 Å². The minimum atomic E-state index is -0.382. The molecule has 0 radical (unpaired) electrons. The van der Waals surface area contributed by atoms with Crippen LogP contribution in [0.1, 0.15) is 29.0 Å². The third-order valence-electron chi connectivity index (χ3n) is 4.48. The topological polar surface area (TPSA) is 76.0 Å². The summed E-state index contributed by atoms with van der Waals surface area (Å²) in [5, 5.41) is 5.62. The lowest BCUT2D eigenvalue weighted by Gasteiger charge is -2.09. The van der Waals surface area contributed by atoms with E-state index in [9.17, 15) is 14.0 Å². The molecule has 0 atom stereocenters. The molecule has 0 bridgehead atoms. The standard InChI is InChI=1S/C21H23FN4O2/c1-15-25-18-5-2-3-6-19(18)26(15)14-13-23-20(27)7-4-12-24-21(28)16-8-10-17(22)11-9-16/h2-3,5-6,8-11H,4,7,12-14H2,1H3,(H,23,27)(H,24,28). The molecule has 3 aromatic rings. The van der Waals surface area contributed by atoms with Gasteiger partial charge in [0, 0.05) is 31.6 Å². The SMILES string of the molecule is Cc1nc2ccccc2n1CCNC(=O)CCCNC(=O)c1ccc(F)cc1. The van der Waals surface area contributed by atoms with Gasteiger partial charge in [0.15, 0.2) is 0 Å². The number of aromatic nitrogens is 2. The van der Waals surface area contributed by atoms with E-state index >= 15 is 0 Å². The molecule has 0 fully saturated rings. The van der Waals surface area contributed by atoms with Gasteiger partial charge in [0.25, 0.3) is 5.91 Å². The van der Waals surface area contributed by atoms with Gasteiger partial charge < -0.3 is 15.2 Å². The van der Waals surface area contributed by atoms with E-state index in [4.69, 9.17) is 0 Å². The van der Waals surface area contributed by atoms with E-state index < -0.39 is 0 Å². The lowest BCUT2D eigenvalue weighted by atomic mass is 10.2. The van der Waals surface area contributed by atoms with Crippen LogP contribution in [0.4, 0.5) is 4.39 Å². The van der Waals surface area contributed by atoms with Gasteiger partial charge in [-0.25, -0.2) is 9.37 Å². The Bertz CT molecular complexity index is 966. The fraction of sp³-hybridized carbons (Fsp3) is 0.286. The molecule has 1 aromatic heterocycles. The highest BCUT2D eigenvalue weighted by Crippen LogP contribution is 2.14. The van der Waals surface area contributed by atoms with E-state index in [1.807, 2.05) is 31.2 Å². The molecule has 3 rings (SSSR count). The van der Waals surface area contributed by atoms with Crippen molar-refractivity contribution in [3.8, 4) is 0 Å². The summed E-state index contributed by atoms with van der Waals surface area (Å²) in [6, 6.07) is 13.3. The average Bonchev–Trinajstić information content (AvgIpc) is 3.01. The summed E-state index contributed by atoms with van der Waals surface area (Å²) in [5.74, 6) is 0.201. The summed E-state index contributed by atoms with van der Waals surface area (Å²) < 4.78 is 14.9. The van der Waals surface area contributed by atoms with E-state index in [1.165, 1.54) is 24.3 Å². The zero-order chi connectivity index (χ0) is 19.9. The first-order valence-corrected chi connectivity index (χ1v) is 9.27. The number of halogens is 1. The summed E-state index contributed by atoms with van der Waals surface area (Å²) in [4.78, 5) is 28.4. The maximum absolute atomic E-state index is 12.9. The van der Waals surface area contributed by atoms with Gasteiger partial charge in [-0.2, -0.15) is 0 Å². The maximum Gasteiger partial charge on any atom is 0.251 e. The number of rotatable bonds is 8. The van der Waals surface area contributed by atoms with Crippen LogP contribution in [0.3, 0.4) is 0 Å². The number of nitrogens with zero attached hydrogens (tertiary/aromatic N) is 2. The molecule has 0 spiro atoms. The molecular weight excluding hydrogens is 359 g/mol. The summed E-state index contributed by atoms with van der Waals surface area (Å²) in [6.07, 6.45) is 0.860. The van der Waals surface area contributed by atoms with Crippen molar-refractivity contribution in [1.29, 1.82) is 0 Å². The number of imidazole rings is 1. The zero-order valence-corrected chi connectivity index (χ0v) is 15.7. The van der Waals surface area contributed by atoms with Crippen LogP contribution < -0.4 is 10.6 Å². The van der Waals surface area contributed by atoms with Crippen molar-refractivity contribution in [3.05, 3.63) is 65.7 Å². The van der Waals surface area contributed by atoms with Crippen molar-refractivity contribution in [2.45, 2.75) is 26.3 Å². The van der Waals surface area contributed by atoms with Gasteiger partial charge in [0.2, 0.25) is 5.91 Å². The average molecular weight is 382 g/mol. The highest BCUT2D eigenvalue weighted by molar-refractivity contribution is 5.94. The van der Waals surface area contributed by atoms with Crippen molar-refractivity contribution in [2.24, 2.45) is 0 Å². The molecule has 146 valence electrons. The Morgan fingerprint density at radius 3 is 2.57 bits per heavy atom. The second-order valence-corrected chi connectivity index (χ2v) is 6.52. The number of aryl methyl sites for hydroxylation is 1. The molecule has 28 heavy (non-hydrogen) atoms. The Hall–Kier alpha value is -3.22. The van der Waals surface area contributed by atoms with Crippen LogP contribution in [0.2, 0.25) is 0 Å². The molecule has 1 heterocycles. The molecule has 0 aliphatic carbocycles. The Morgan fingerprint density at radius 1 is 1.04 bits per heavy atom. The summed E-state index contributed by atoms with van der Waals surface area (Å²) in [5.41, 5.74) is 2.40. The van der Waals surface area contributed by atoms with Crippen molar-refractivity contribution >= 4 is 22.8 Å². The molecule has 7 heteroatoms. The van der Waals surface area contributed by atoms with E-state index in [2.05, 4.69) is 20.2 Å². The third kappa shape index (κ3) is 4.94. The fourth-order valence-electron chi connectivity index (χ4n) is 3.03. The number of amides is 2. The fourth-order valence-corrected chi connectivity index (χ4v) is 3.03. The molecule has 0 unspecified atom stereocenters. The predicted octanol–water partition coefficient (Wildman–Crippen LogP) is 2.81. The normalized spacial score (nSPS) is 10.8. The van der Waals surface area contributed by atoms with Crippen molar-refractivity contribution < 1.29 is 14.0 Å².